The second-order valence-electron chi connectivity index (χ2n) is 6.80. The Morgan fingerprint density at radius 3 is 2.86 bits per heavy atom. The summed E-state index contributed by atoms with van der Waals surface area (Å²) in [6.45, 7) is 0.873. The topological polar surface area (TPSA) is 95.4 Å². The van der Waals surface area contributed by atoms with Crippen molar-refractivity contribution in [3.05, 3.63) is 64.8 Å². The molecule has 2 aromatic carbocycles. The first kappa shape index (κ1) is 18.6. The van der Waals surface area contributed by atoms with Crippen molar-refractivity contribution in [3.63, 3.8) is 0 Å². The summed E-state index contributed by atoms with van der Waals surface area (Å²) in [4.78, 5) is 29.7. The summed E-state index contributed by atoms with van der Waals surface area (Å²) in [5, 5.41) is 10.0. The van der Waals surface area contributed by atoms with Crippen LogP contribution in [-0.2, 0) is 22.5 Å². The van der Waals surface area contributed by atoms with Gasteiger partial charge in [0.15, 0.2) is 6.61 Å². The minimum atomic E-state index is -0.393. The lowest BCUT2D eigenvalue weighted by Crippen LogP contribution is -2.38. The summed E-state index contributed by atoms with van der Waals surface area (Å²) in [6, 6.07) is 14.3. The number of hydrogen-bond acceptors (Lipinski definition) is 5. The lowest BCUT2D eigenvalue weighted by atomic mass is 10.0. The predicted octanol–water partition coefficient (Wildman–Crippen LogP) is 2.79. The Hall–Kier alpha value is -3.79. The lowest BCUT2D eigenvalue weighted by molar-refractivity contribution is -0.134. The first-order valence-corrected chi connectivity index (χ1v) is 9.22. The first-order valence-electron chi connectivity index (χ1n) is 9.22. The van der Waals surface area contributed by atoms with Crippen LogP contribution in [-0.4, -0.2) is 42.0 Å². The van der Waals surface area contributed by atoms with Crippen LogP contribution < -0.4 is 4.74 Å². The average molecular weight is 389 g/mol. The van der Waals surface area contributed by atoms with Gasteiger partial charge in [-0.15, -0.1) is 0 Å². The van der Waals surface area contributed by atoms with Gasteiger partial charge in [0, 0.05) is 41.7 Å². The van der Waals surface area contributed by atoms with Gasteiger partial charge in [0.25, 0.3) is 5.91 Å². The number of aromatic nitrogens is 1. The molecule has 0 unspecified atom stereocenters. The highest BCUT2D eigenvalue weighted by atomic mass is 16.5. The molecule has 0 aliphatic carbocycles. The molecule has 0 bridgehead atoms. The molecule has 7 heteroatoms. The number of ether oxygens (including phenoxy) is 2. The van der Waals surface area contributed by atoms with Gasteiger partial charge < -0.3 is 19.4 Å². The number of H-pyrrole nitrogens is 1. The monoisotopic (exact) mass is 389 g/mol. The number of methoxy groups -OCH3 is 1. The van der Waals surface area contributed by atoms with Crippen LogP contribution in [0.1, 0.15) is 27.2 Å². The van der Waals surface area contributed by atoms with Gasteiger partial charge >= 0.3 is 5.97 Å². The quantitative estimate of drug-likeness (QED) is 0.693. The molecule has 29 heavy (non-hydrogen) atoms. The van der Waals surface area contributed by atoms with E-state index in [-0.39, 0.29) is 12.5 Å². The first-order chi connectivity index (χ1) is 14.1. The van der Waals surface area contributed by atoms with Crippen LogP contribution in [0.2, 0.25) is 0 Å². The molecule has 0 spiro atoms. The van der Waals surface area contributed by atoms with Crippen molar-refractivity contribution in [1.82, 2.24) is 9.88 Å². The van der Waals surface area contributed by atoms with Crippen molar-refractivity contribution in [2.24, 2.45) is 0 Å². The number of rotatable bonds is 4. The zero-order valence-electron chi connectivity index (χ0n) is 15.9. The number of hydrogen-bond donors (Lipinski definition) is 1. The number of esters is 1. The standard InChI is InChI=1S/C22H19N3O4/c1-28-22(27)14-6-7-18-16(10-14)17-12-25(9-8-19(17)24-18)21(26)13-29-20-5-3-2-4-15(20)11-23/h2-7,10,24H,8-9,12-13H2,1H3. The van der Waals surface area contributed by atoms with E-state index in [0.29, 0.717) is 36.4 Å². The molecular formula is C22H19N3O4. The molecule has 146 valence electrons. The van der Waals surface area contributed by atoms with Crippen molar-refractivity contribution in [1.29, 1.82) is 5.26 Å². The number of aromatic amines is 1. The maximum absolute atomic E-state index is 12.7. The van der Waals surface area contributed by atoms with Gasteiger partial charge in [0.05, 0.1) is 18.2 Å². The number of fused-ring (bicyclic) bond motifs is 3. The van der Waals surface area contributed by atoms with Crippen molar-refractivity contribution in [3.8, 4) is 11.8 Å². The van der Waals surface area contributed by atoms with Gasteiger partial charge in [-0.3, -0.25) is 4.79 Å². The van der Waals surface area contributed by atoms with E-state index in [1.54, 1.807) is 41.3 Å². The number of nitrogens with one attached hydrogen (secondary N) is 1. The van der Waals surface area contributed by atoms with Crippen LogP contribution in [0.25, 0.3) is 10.9 Å². The van der Waals surface area contributed by atoms with Crippen LogP contribution in [0, 0.1) is 11.3 Å². The molecule has 0 saturated carbocycles. The Labute approximate surface area is 167 Å². The zero-order valence-corrected chi connectivity index (χ0v) is 15.9. The molecule has 0 fully saturated rings. The summed E-state index contributed by atoms with van der Waals surface area (Å²) in [6.07, 6.45) is 0.693. The Morgan fingerprint density at radius 2 is 2.07 bits per heavy atom. The van der Waals surface area contributed by atoms with E-state index in [4.69, 9.17) is 14.7 Å². The third-order valence-corrected chi connectivity index (χ3v) is 5.11. The third-order valence-electron chi connectivity index (χ3n) is 5.11. The molecule has 3 aromatic rings. The van der Waals surface area contributed by atoms with Crippen molar-refractivity contribution in [2.75, 3.05) is 20.3 Å². The second-order valence-corrected chi connectivity index (χ2v) is 6.80. The average Bonchev–Trinajstić information content (AvgIpc) is 3.14. The number of nitriles is 1. The molecule has 2 heterocycles. The number of amides is 1. The zero-order chi connectivity index (χ0) is 20.4. The number of carbonyl (C=O) groups excluding carboxylic acids is 2. The fraction of sp³-hybridized carbons (Fsp3) is 0.227. The molecule has 0 radical (unpaired) electrons. The minimum absolute atomic E-state index is 0.135. The van der Waals surface area contributed by atoms with Gasteiger partial charge in [-0.2, -0.15) is 5.26 Å². The van der Waals surface area contributed by atoms with Gasteiger partial charge in [0.2, 0.25) is 0 Å². The molecule has 0 saturated heterocycles. The molecule has 1 amide bonds. The van der Waals surface area contributed by atoms with E-state index >= 15 is 0 Å². The van der Waals surface area contributed by atoms with Gasteiger partial charge in [-0.1, -0.05) is 12.1 Å². The highest BCUT2D eigenvalue weighted by Gasteiger charge is 2.25. The van der Waals surface area contributed by atoms with Gasteiger partial charge in [0.1, 0.15) is 11.8 Å². The summed E-state index contributed by atoms with van der Waals surface area (Å²) in [7, 11) is 1.35. The fourth-order valence-electron chi connectivity index (χ4n) is 3.59. The lowest BCUT2D eigenvalue weighted by Gasteiger charge is -2.27. The summed E-state index contributed by atoms with van der Waals surface area (Å²) < 4.78 is 10.4. The highest BCUT2D eigenvalue weighted by molar-refractivity contribution is 5.96. The van der Waals surface area contributed by atoms with Crippen LogP contribution in [0.5, 0.6) is 5.75 Å². The van der Waals surface area contributed by atoms with E-state index in [2.05, 4.69) is 11.1 Å². The summed E-state index contributed by atoms with van der Waals surface area (Å²) >= 11 is 0. The van der Waals surface area contributed by atoms with E-state index in [1.807, 2.05) is 6.07 Å². The molecule has 1 N–H and O–H groups in total. The number of carbonyl (C=O) groups is 2. The molecule has 1 aliphatic heterocycles. The molecule has 4 rings (SSSR count). The Bertz CT molecular complexity index is 1140. The SMILES string of the molecule is COC(=O)c1ccc2[nH]c3c(c2c1)CN(C(=O)COc1ccccc1C#N)CC3. The van der Waals surface area contributed by atoms with Crippen LogP contribution >= 0.6 is 0 Å². The molecule has 7 nitrogen and oxygen atoms in total. The van der Waals surface area contributed by atoms with Gasteiger partial charge in [-0.05, 0) is 30.3 Å². The second kappa shape index (κ2) is 7.68. The fourth-order valence-corrected chi connectivity index (χ4v) is 3.59. The summed E-state index contributed by atoms with van der Waals surface area (Å²) in [5.41, 5.74) is 3.87. The highest BCUT2D eigenvalue weighted by Crippen LogP contribution is 2.29. The number of nitrogens with zero attached hydrogens (tertiary/aromatic N) is 2. The van der Waals surface area contributed by atoms with Crippen molar-refractivity contribution >= 4 is 22.8 Å². The van der Waals surface area contributed by atoms with E-state index < -0.39 is 5.97 Å². The number of benzene rings is 2. The smallest absolute Gasteiger partial charge is 0.337 e. The van der Waals surface area contributed by atoms with Crippen LogP contribution in [0.3, 0.4) is 0 Å². The Balaban J connectivity index is 1.52. The van der Waals surface area contributed by atoms with E-state index in [1.165, 1.54) is 7.11 Å². The van der Waals surface area contributed by atoms with Crippen LogP contribution in [0.15, 0.2) is 42.5 Å². The van der Waals surface area contributed by atoms with Crippen molar-refractivity contribution < 1.29 is 19.1 Å². The van der Waals surface area contributed by atoms with Gasteiger partial charge in [-0.25, -0.2) is 4.79 Å². The maximum atomic E-state index is 12.7. The maximum Gasteiger partial charge on any atom is 0.337 e. The largest absolute Gasteiger partial charge is 0.482 e. The minimum Gasteiger partial charge on any atom is -0.482 e. The molecule has 0 atom stereocenters. The van der Waals surface area contributed by atoms with E-state index in [0.717, 1.165) is 22.2 Å². The van der Waals surface area contributed by atoms with Crippen LogP contribution in [0.4, 0.5) is 0 Å². The van der Waals surface area contributed by atoms with Crippen molar-refractivity contribution in [2.45, 2.75) is 13.0 Å². The molecule has 1 aliphatic rings. The Kier molecular flexibility index (Phi) is 4.92. The number of para-hydroxylation sites is 1. The van der Waals surface area contributed by atoms with E-state index in [9.17, 15) is 9.59 Å². The molecule has 1 aromatic heterocycles. The normalized spacial score (nSPS) is 12.9. The predicted molar refractivity (Wildman–Crippen MR) is 105 cm³/mol. The Morgan fingerprint density at radius 1 is 1.24 bits per heavy atom. The molecular weight excluding hydrogens is 370 g/mol. The third kappa shape index (κ3) is 3.52. The summed E-state index contributed by atoms with van der Waals surface area (Å²) in [5.74, 6) is -0.145.